The quantitative estimate of drug-likeness (QED) is 0.544. The van der Waals surface area contributed by atoms with Crippen molar-refractivity contribution in [3.63, 3.8) is 0 Å². The second kappa shape index (κ2) is 8.96. The van der Waals surface area contributed by atoms with Crippen molar-refractivity contribution in [3.05, 3.63) is 69.5 Å². The molecule has 2 amide bonds. The maximum atomic E-state index is 12.8. The molecule has 0 fully saturated rings. The molecule has 1 aromatic carbocycles. The lowest BCUT2D eigenvalue weighted by atomic mass is 10.1. The number of benzene rings is 1. The first kappa shape index (κ1) is 21.3. The number of nitrogens with one attached hydrogen (secondary N) is 2. The lowest BCUT2D eigenvalue weighted by Crippen LogP contribution is -2.15. The van der Waals surface area contributed by atoms with Crippen LogP contribution in [0.1, 0.15) is 54.4 Å². The number of thiophene rings is 1. The Kier molecular flexibility index (Phi) is 6.37. The van der Waals surface area contributed by atoms with Gasteiger partial charge in [-0.15, -0.1) is 11.3 Å². The molecule has 8 heteroatoms. The molecule has 7 nitrogen and oxygen atoms in total. The number of furan rings is 1. The first-order chi connectivity index (χ1) is 14.3. The van der Waals surface area contributed by atoms with Gasteiger partial charge in [0.05, 0.1) is 22.6 Å². The maximum absolute atomic E-state index is 12.8. The van der Waals surface area contributed by atoms with E-state index in [1.54, 1.807) is 45.9 Å². The van der Waals surface area contributed by atoms with E-state index < -0.39 is 11.9 Å². The third-order valence-electron chi connectivity index (χ3n) is 4.38. The van der Waals surface area contributed by atoms with Crippen molar-refractivity contribution >= 4 is 39.8 Å². The molecule has 3 rings (SSSR count). The molecule has 0 saturated heterocycles. The molecule has 3 aromatic rings. The van der Waals surface area contributed by atoms with Crippen molar-refractivity contribution in [1.82, 2.24) is 0 Å². The lowest BCUT2D eigenvalue weighted by Gasteiger charge is -2.06. The van der Waals surface area contributed by atoms with Crippen LogP contribution >= 0.6 is 11.3 Å². The summed E-state index contributed by atoms with van der Waals surface area (Å²) in [5.41, 5.74) is 1.61. The summed E-state index contributed by atoms with van der Waals surface area (Å²) in [6.45, 7) is 6.96. The Morgan fingerprint density at radius 3 is 2.33 bits per heavy atom. The molecule has 2 N–H and O–H groups in total. The van der Waals surface area contributed by atoms with Crippen molar-refractivity contribution in [3.8, 4) is 0 Å². The van der Waals surface area contributed by atoms with Crippen molar-refractivity contribution in [1.29, 1.82) is 0 Å². The molecule has 0 radical (unpaired) electrons. The van der Waals surface area contributed by atoms with Crippen LogP contribution in [0.25, 0.3) is 0 Å². The van der Waals surface area contributed by atoms with Gasteiger partial charge < -0.3 is 19.8 Å². The fourth-order valence-electron chi connectivity index (χ4n) is 3.00. The number of carbonyl (C=O) groups excluding carboxylic acids is 3. The van der Waals surface area contributed by atoms with Gasteiger partial charge in [-0.25, -0.2) is 4.79 Å². The topological polar surface area (TPSA) is 97.6 Å². The minimum Gasteiger partial charge on any atom is -0.466 e. The maximum Gasteiger partial charge on any atom is 0.341 e. The minimum atomic E-state index is -0.597. The lowest BCUT2D eigenvalue weighted by molar-refractivity contribution is 0.0527. The number of aryl methyl sites for hydroxylation is 2. The molecule has 2 heterocycles. The number of para-hydroxylation sites is 1. The molecule has 0 atom stereocenters. The Hall–Kier alpha value is -3.39. The Morgan fingerprint density at radius 1 is 1.03 bits per heavy atom. The van der Waals surface area contributed by atoms with Gasteiger partial charge >= 0.3 is 5.97 Å². The SMILES string of the molecule is CCOC(=O)c1c(NC(=O)c2cc(C)oc2C)sc(C(=O)Nc2ccccc2)c1C. The number of carbonyl (C=O) groups is 3. The second-order valence-electron chi connectivity index (χ2n) is 6.58. The zero-order valence-corrected chi connectivity index (χ0v) is 17.9. The molecule has 0 spiro atoms. The van der Waals surface area contributed by atoms with Crippen LogP contribution in [0.3, 0.4) is 0 Å². The minimum absolute atomic E-state index is 0.172. The number of amides is 2. The molecule has 156 valence electrons. The van der Waals surface area contributed by atoms with E-state index in [9.17, 15) is 14.4 Å². The smallest absolute Gasteiger partial charge is 0.341 e. The van der Waals surface area contributed by atoms with Gasteiger partial charge in [0.25, 0.3) is 11.8 Å². The van der Waals surface area contributed by atoms with Gasteiger partial charge in [0.15, 0.2) is 0 Å². The number of rotatable bonds is 6. The van der Waals surface area contributed by atoms with Gasteiger partial charge in [0, 0.05) is 5.69 Å². The molecule has 0 aliphatic heterocycles. The van der Waals surface area contributed by atoms with Gasteiger partial charge in [-0.2, -0.15) is 0 Å². The summed E-state index contributed by atoms with van der Waals surface area (Å²) in [6.07, 6.45) is 0. The first-order valence-electron chi connectivity index (χ1n) is 9.37. The molecule has 0 aliphatic carbocycles. The predicted molar refractivity (Wildman–Crippen MR) is 116 cm³/mol. The Labute approximate surface area is 178 Å². The van der Waals surface area contributed by atoms with Crippen LogP contribution in [-0.4, -0.2) is 24.4 Å². The fourth-order valence-corrected chi connectivity index (χ4v) is 4.09. The summed E-state index contributed by atoms with van der Waals surface area (Å²) in [4.78, 5) is 38.4. The van der Waals surface area contributed by atoms with Crippen molar-refractivity contribution in [2.75, 3.05) is 17.2 Å². The van der Waals surface area contributed by atoms with E-state index in [0.29, 0.717) is 33.2 Å². The highest BCUT2D eigenvalue weighted by Crippen LogP contribution is 2.35. The summed E-state index contributed by atoms with van der Waals surface area (Å²) in [6, 6.07) is 10.6. The highest BCUT2D eigenvalue weighted by Gasteiger charge is 2.27. The highest BCUT2D eigenvalue weighted by molar-refractivity contribution is 7.19. The van der Waals surface area contributed by atoms with E-state index in [-0.39, 0.29) is 23.1 Å². The van der Waals surface area contributed by atoms with E-state index in [1.807, 2.05) is 18.2 Å². The third-order valence-corrected chi connectivity index (χ3v) is 5.58. The number of anilines is 2. The summed E-state index contributed by atoms with van der Waals surface area (Å²) < 4.78 is 10.6. The fraction of sp³-hybridized carbons (Fsp3) is 0.227. The molecular formula is C22H22N2O5S. The van der Waals surface area contributed by atoms with E-state index in [4.69, 9.17) is 9.15 Å². The summed E-state index contributed by atoms with van der Waals surface area (Å²) in [7, 11) is 0. The molecule has 0 bridgehead atoms. The monoisotopic (exact) mass is 426 g/mol. The molecule has 2 aromatic heterocycles. The largest absolute Gasteiger partial charge is 0.466 e. The van der Waals surface area contributed by atoms with Gasteiger partial charge in [0.2, 0.25) is 0 Å². The van der Waals surface area contributed by atoms with E-state index in [1.165, 1.54) is 0 Å². The molecule has 30 heavy (non-hydrogen) atoms. The standard InChI is InChI=1S/C22H22N2O5S/c1-5-28-22(27)17-13(3)18(20(26)23-15-9-7-6-8-10-15)30-21(17)24-19(25)16-11-12(2)29-14(16)4/h6-11H,5H2,1-4H3,(H,23,26)(H,24,25). The Morgan fingerprint density at radius 2 is 1.73 bits per heavy atom. The predicted octanol–water partition coefficient (Wildman–Crippen LogP) is 4.95. The number of esters is 1. The van der Waals surface area contributed by atoms with Crippen LogP contribution in [-0.2, 0) is 4.74 Å². The molecular weight excluding hydrogens is 404 g/mol. The second-order valence-corrected chi connectivity index (χ2v) is 7.60. The van der Waals surface area contributed by atoms with Gasteiger partial charge in [-0.05, 0) is 51.5 Å². The van der Waals surface area contributed by atoms with Gasteiger partial charge in [-0.3, -0.25) is 9.59 Å². The zero-order chi connectivity index (χ0) is 21.8. The van der Waals surface area contributed by atoms with E-state index >= 15 is 0 Å². The summed E-state index contributed by atoms with van der Waals surface area (Å²) >= 11 is 1.03. The van der Waals surface area contributed by atoms with Crippen LogP contribution in [0.5, 0.6) is 0 Å². The van der Waals surface area contributed by atoms with Crippen molar-refractivity contribution in [2.24, 2.45) is 0 Å². The van der Waals surface area contributed by atoms with Crippen LogP contribution in [0, 0.1) is 20.8 Å². The Bertz CT molecular complexity index is 1100. The first-order valence-corrected chi connectivity index (χ1v) is 10.2. The van der Waals surface area contributed by atoms with Crippen LogP contribution in [0.2, 0.25) is 0 Å². The summed E-state index contributed by atoms with van der Waals surface area (Å²) in [5, 5.41) is 5.80. The van der Waals surface area contributed by atoms with E-state index in [0.717, 1.165) is 11.3 Å². The Balaban J connectivity index is 1.95. The third kappa shape index (κ3) is 4.44. The number of hydrogen-bond acceptors (Lipinski definition) is 6. The molecule has 0 saturated carbocycles. The normalized spacial score (nSPS) is 10.5. The van der Waals surface area contributed by atoms with Crippen molar-refractivity contribution in [2.45, 2.75) is 27.7 Å². The van der Waals surface area contributed by atoms with Crippen LogP contribution in [0.15, 0.2) is 40.8 Å². The van der Waals surface area contributed by atoms with Crippen LogP contribution < -0.4 is 10.6 Å². The van der Waals surface area contributed by atoms with Gasteiger partial charge in [0.1, 0.15) is 16.5 Å². The average Bonchev–Trinajstić information content (AvgIpc) is 3.21. The summed E-state index contributed by atoms with van der Waals surface area (Å²) in [5.74, 6) is -0.316. The molecule has 0 aliphatic rings. The average molecular weight is 426 g/mol. The molecule has 0 unspecified atom stereocenters. The number of hydrogen-bond donors (Lipinski definition) is 2. The van der Waals surface area contributed by atoms with E-state index in [2.05, 4.69) is 10.6 Å². The highest BCUT2D eigenvalue weighted by atomic mass is 32.1. The number of ether oxygens (including phenoxy) is 1. The van der Waals surface area contributed by atoms with Crippen LogP contribution in [0.4, 0.5) is 10.7 Å². The van der Waals surface area contributed by atoms with Gasteiger partial charge in [-0.1, -0.05) is 18.2 Å². The van der Waals surface area contributed by atoms with Crippen molar-refractivity contribution < 1.29 is 23.5 Å². The zero-order valence-electron chi connectivity index (χ0n) is 17.1.